The molecule has 0 amide bonds. The van der Waals surface area contributed by atoms with Crippen LogP contribution in [0.15, 0.2) is 47.7 Å². The van der Waals surface area contributed by atoms with Crippen molar-refractivity contribution in [1.82, 2.24) is 0 Å². The van der Waals surface area contributed by atoms with E-state index in [4.69, 9.17) is 11.6 Å². The maximum Gasteiger partial charge on any atom is 0.335 e. The molecule has 7 heteroatoms. The van der Waals surface area contributed by atoms with Crippen LogP contribution < -0.4 is 10.6 Å². The molecule has 5 nitrogen and oxygen atoms in total. The largest absolute Gasteiger partial charge is 0.478 e. The number of anilines is 2. The van der Waals surface area contributed by atoms with Crippen LogP contribution in [0.2, 0.25) is 5.02 Å². The molecule has 0 unspecified atom stereocenters. The van der Waals surface area contributed by atoms with E-state index in [1.165, 1.54) is 24.3 Å². The number of ketones is 1. The van der Waals surface area contributed by atoms with Gasteiger partial charge in [-0.05, 0) is 42.2 Å². The first-order valence-corrected chi connectivity index (χ1v) is 9.65. The fraction of sp³-hybridized carbons (Fsp3) is 0.273. The quantitative estimate of drug-likeness (QED) is 0.613. The van der Waals surface area contributed by atoms with Crippen LogP contribution >= 0.6 is 11.6 Å². The van der Waals surface area contributed by atoms with Crippen molar-refractivity contribution in [2.24, 2.45) is 5.41 Å². The Balaban J connectivity index is 1.94. The summed E-state index contributed by atoms with van der Waals surface area (Å²) >= 11 is 6.33. The van der Waals surface area contributed by atoms with Crippen LogP contribution in [0.25, 0.3) is 0 Å². The SMILES string of the molecule is CC1(C)CC(=O)C2=C(C1)Nc1cc(C(=O)O)ccc1N[C@@H]2c1c(F)cccc1Cl. The van der Waals surface area contributed by atoms with Gasteiger partial charge in [0.05, 0.1) is 23.0 Å². The van der Waals surface area contributed by atoms with E-state index >= 15 is 0 Å². The second-order valence-corrected chi connectivity index (χ2v) is 8.64. The third kappa shape index (κ3) is 3.49. The van der Waals surface area contributed by atoms with Crippen LogP contribution in [0.1, 0.15) is 48.7 Å². The topological polar surface area (TPSA) is 78.4 Å². The number of nitrogens with one attached hydrogen (secondary N) is 2. The molecule has 0 saturated carbocycles. The molecule has 2 aromatic rings. The fourth-order valence-corrected chi connectivity index (χ4v) is 4.35. The molecule has 3 N–H and O–H groups in total. The van der Waals surface area contributed by atoms with Gasteiger partial charge >= 0.3 is 5.97 Å². The smallest absolute Gasteiger partial charge is 0.335 e. The Kier molecular flexibility index (Phi) is 4.62. The van der Waals surface area contributed by atoms with E-state index in [1.54, 1.807) is 12.1 Å². The molecule has 1 aliphatic carbocycles. The minimum Gasteiger partial charge on any atom is -0.478 e. The summed E-state index contributed by atoms with van der Waals surface area (Å²) in [4.78, 5) is 24.5. The number of rotatable bonds is 2. The van der Waals surface area contributed by atoms with Gasteiger partial charge in [0, 0.05) is 28.3 Å². The molecule has 0 fully saturated rings. The number of benzene rings is 2. The molecule has 0 spiro atoms. The maximum absolute atomic E-state index is 14.8. The van der Waals surface area contributed by atoms with Crippen LogP contribution in [0, 0.1) is 11.2 Å². The molecular weight excluding hydrogens is 395 g/mol. The minimum absolute atomic E-state index is 0.0909. The summed E-state index contributed by atoms with van der Waals surface area (Å²) in [6.45, 7) is 3.99. The Morgan fingerprint density at radius 3 is 2.66 bits per heavy atom. The van der Waals surface area contributed by atoms with Gasteiger partial charge in [-0.25, -0.2) is 9.18 Å². The van der Waals surface area contributed by atoms with Crippen molar-refractivity contribution in [1.29, 1.82) is 0 Å². The van der Waals surface area contributed by atoms with Gasteiger partial charge in [0.2, 0.25) is 0 Å². The molecule has 1 aliphatic heterocycles. The van der Waals surface area contributed by atoms with E-state index in [0.29, 0.717) is 35.5 Å². The Hall–Kier alpha value is -2.86. The summed E-state index contributed by atoms with van der Waals surface area (Å²) in [7, 11) is 0. The maximum atomic E-state index is 14.8. The number of hydrogen-bond donors (Lipinski definition) is 3. The number of halogens is 2. The number of carbonyl (C=O) groups excluding carboxylic acids is 1. The highest BCUT2D eigenvalue weighted by atomic mass is 35.5. The molecule has 0 aromatic heterocycles. The van der Waals surface area contributed by atoms with Gasteiger partial charge in [0.1, 0.15) is 5.82 Å². The average molecular weight is 415 g/mol. The lowest BCUT2D eigenvalue weighted by atomic mass is 9.73. The lowest BCUT2D eigenvalue weighted by molar-refractivity contribution is -0.118. The van der Waals surface area contributed by atoms with E-state index in [9.17, 15) is 19.1 Å². The monoisotopic (exact) mass is 414 g/mol. The van der Waals surface area contributed by atoms with Gasteiger partial charge in [-0.1, -0.05) is 31.5 Å². The van der Waals surface area contributed by atoms with Crippen LogP contribution in [-0.2, 0) is 4.79 Å². The predicted octanol–water partition coefficient (Wildman–Crippen LogP) is 5.40. The third-order valence-corrected chi connectivity index (χ3v) is 5.68. The standard InChI is InChI=1S/C22H20ClFN2O3/c1-22(2)9-16-19(17(27)10-22)20(18-12(23)4-3-5-13(18)24)26-14-7-6-11(21(28)29)8-15(14)25-16/h3-8,20,25-26H,9-10H2,1-2H3,(H,28,29)/t20-/m1/s1. The van der Waals surface area contributed by atoms with Gasteiger partial charge in [-0.15, -0.1) is 0 Å². The Labute approximate surface area is 172 Å². The summed E-state index contributed by atoms with van der Waals surface area (Å²) in [6, 6.07) is 8.22. The summed E-state index contributed by atoms with van der Waals surface area (Å²) in [5.74, 6) is -1.65. The zero-order chi connectivity index (χ0) is 20.9. The first-order chi connectivity index (χ1) is 13.7. The zero-order valence-electron chi connectivity index (χ0n) is 16.0. The van der Waals surface area contributed by atoms with Gasteiger partial charge in [0.25, 0.3) is 0 Å². The highest BCUT2D eigenvalue weighted by Crippen LogP contribution is 2.47. The number of carboxylic acids is 1. The molecule has 0 radical (unpaired) electrons. The number of Topliss-reactive ketones (excluding diaryl/α,β-unsaturated/α-hetero) is 1. The van der Waals surface area contributed by atoms with Crippen LogP contribution in [0.5, 0.6) is 0 Å². The second kappa shape index (κ2) is 6.88. The molecule has 0 bridgehead atoms. The first kappa shape index (κ1) is 19.5. The lowest BCUT2D eigenvalue weighted by Crippen LogP contribution is -2.31. The molecule has 1 heterocycles. The Morgan fingerprint density at radius 1 is 1.21 bits per heavy atom. The van der Waals surface area contributed by atoms with E-state index in [-0.39, 0.29) is 27.3 Å². The van der Waals surface area contributed by atoms with Gasteiger partial charge < -0.3 is 15.7 Å². The molecule has 2 aromatic carbocycles. The van der Waals surface area contributed by atoms with Gasteiger partial charge in [-0.3, -0.25) is 4.79 Å². The number of aromatic carboxylic acids is 1. The fourth-order valence-electron chi connectivity index (χ4n) is 4.08. The van der Waals surface area contributed by atoms with Crippen molar-refractivity contribution >= 4 is 34.7 Å². The summed E-state index contributed by atoms with van der Waals surface area (Å²) in [5, 5.41) is 16.0. The zero-order valence-corrected chi connectivity index (χ0v) is 16.7. The normalized spacial score (nSPS) is 20.1. The Bertz CT molecular complexity index is 1060. The number of carboxylic acid groups (broad SMARTS) is 1. The minimum atomic E-state index is -1.05. The van der Waals surface area contributed by atoms with E-state index in [1.807, 2.05) is 13.8 Å². The van der Waals surface area contributed by atoms with Gasteiger partial charge in [0.15, 0.2) is 5.78 Å². The van der Waals surface area contributed by atoms with Crippen molar-refractivity contribution in [3.8, 4) is 0 Å². The molecule has 2 aliphatic rings. The van der Waals surface area contributed by atoms with Crippen LogP contribution in [-0.4, -0.2) is 16.9 Å². The molecule has 4 rings (SSSR count). The van der Waals surface area contributed by atoms with E-state index in [2.05, 4.69) is 10.6 Å². The highest BCUT2D eigenvalue weighted by molar-refractivity contribution is 6.31. The number of allylic oxidation sites excluding steroid dienone is 1. The summed E-state index contributed by atoms with van der Waals surface area (Å²) < 4.78 is 14.8. The highest BCUT2D eigenvalue weighted by Gasteiger charge is 2.40. The Morgan fingerprint density at radius 2 is 1.97 bits per heavy atom. The number of hydrogen-bond acceptors (Lipinski definition) is 4. The average Bonchev–Trinajstić information content (AvgIpc) is 2.76. The lowest BCUT2D eigenvalue weighted by Gasteiger charge is -2.34. The van der Waals surface area contributed by atoms with Crippen molar-refractivity contribution in [2.45, 2.75) is 32.7 Å². The summed E-state index contributed by atoms with van der Waals surface area (Å²) in [5.41, 5.74) is 2.23. The molecule has 1 atom stereocenters. The number of carbonyl (C=O) groups is 2. The van der Waals surface area contributed by atoms with Crippen molar-refractivity contribution in [3.63, 3.8) is 0 Å². The molecule has 29 heavy (non-hydrogen) atoms. The molecular formula is C22H20ClFN2O3. The first-order valence-electron chi connectivity index (χ1n) is 9.27. The second-order valence-electron chi connectivity index (χ2n) is 8.24. The summed E-state index contributed by atoms with van der Waals surface area (Å²) in [6.07, 6.45) is 0.892. The van der Waals surface area contributed by atoms with Gasteiger partial charge in [-0.2, -0.15) is 0 Å². The van der Waals surface area contributed by atoms with Crippen LogP contribution in [0.4, 0.5) is 15.8 Å². The molecule has 0 saturated heterocycles. The molecule has 150 valence electrons. The van der Waals surface area contributed by atoms with E-state index in [0.717, 1.165) is 0 Å². The van der Waals surface area contributed by atoms with Crippen molar-refractivity contribution in [2.75, 3.05) is 10.6 Å². The van der Waals surface area contributed by atoms with Crippen LogP contribution in [0.3, 0.4) is 0 Å². The third-order valence-electron chi connectivity index (χ3n) is 5.35. The predicted molar refractivity (Wildman–Crippen MR) is 110 cm³/mol. The van der Waals surface area contributed by atoms with Crippen molar-refractivity contribution in [3.05, 3.63) is 69.6 Å². The van der Waals surface area contributed by atoms with Crippen molar-refractivity contribution < 1.29 is 19.1 Å². The van der Waals surface area contributed by atoms with E-state index < -0.39 is 17.8 Å². The number of fused-ring (bicyclic) bond motifs is 1.